The van der Waals surface area contributed by atoms with Gasteiger partial charge < -0.3 is 10.5 Å². The van der Waals surface area contributed by atoms with Gasteiger partial charge in [-0.3, -0.25) is 0 Å². The minimum atomic E-state index is 0.268. The molecule has 3 unspecified atom stereocenters. The molecule has 1 aliphatic rings. The van der Waals surface area contributed by atoms with E-state index in [4.69, 9.17) is 22.1 Å². The summed E-state index contributed by atoms with van der Waals surface area (Å²) in [5.74, 6) is 2.75. The molecule has 1 saturated carbocycles. The van der Waals surface area contributed by atoms with Crippen LogP contribution in [0.2, 0.25) is 5.02 Å². The van der Waals surface area contributed by atoms with Crippen molar-refractivity contribution in [3.8, 4) is 5.75 Å². The first-order chi connectivity index (χ1) is 8.97. The number of nitrogens with two attached hydrogens (primary N) is 1. The van der Waals surface area contributed by atoms with Crippen LogP contribution in [0.4, 0.5) is 5.69 Å². The Morgan fingerprint density at radius 2 is 2.05 bits per heavy atom. The Bertz CT molecular complexity index is 433. The fourth-order valence-electron chi connectivity index (χ4n) is 3.03. The first-order valence-corrected chi connectivity index (χ1v) is 7.57. The van der Waals surface area contributed by atoms with Gasteiger partial charge in [-0.1, -0.05) is 38.8 Å². The molecule has 2 nitrogen and oxygen atoms in total. The molecule has 1 aliphatic carbocycles. The van der Waals surface area contributed by atoms with Gasteiger partial charge in [0.2, 0.25) is 0 Å². The maximum Gasteiger partial charge on any atom is 0.138 e. The van der Waals surface area contributed by atoms with Crippen molar-refractivity contribution in [3.63, 3.8) is 0 Å². The van der Waals surface area contributed by atoms with Crippen molar-refractivity contribution in [2.45, 2.75) is 46.1 Å². The van der Waals surface area contributed by atoms with Crippen molar-refractivity contribution in [3.05, 3.63) is 23.2 Å². The second-order valence-corrected chi connectivity index (χ2v) is 6.58. The largest absolute Gasteiger partial charge is 0.489 e. The van der Waals surface area contributed by atoms with Crippen LogP contribution < -0.4 is 10.5 Å². The molecule has 0 aromatic heterocycles. The number of anilines is 1. The van der Waals surface area contributed by atoms with Crippen molar-refractivity contribution in [2.75, 3.05) is 5.73 Å². The Hall–Kier alpha value is -0.890. The van der Waals surface area contributed by atoms with Crippen LogP contribution in [0.1, 0.15) is 40.0 Å². The molecule has 0 heterocycles. The topological polar surface area (TPSA) is 35.2 Å². The Morgan fingerprint density at radius 3 is 2.68 bits per heavy atom. The van der Waals surface area contributed by atoms with E-state index in [1.165, 1.54) is 12.8 Å². The van der Waals surface area contributed by atoms with Gasteiger partial charge in [-0.2, -0.15) is 0 Å². The Labute approximate surface area is 121 Å². The van der Waals surface area contributed by atoms with E-state index < -0.39 is 0 Å². The third kappa shape index (κ3) is 3.56. The highest BCUT2D eigenvalue weighted by molar-refractivity contribution is 6.32. The Kier molecular flexibility index (Phi) is 4.62. The van der Waals surface area contributed by atoms with Gasteiger partial charge in [-0.05, 0) is 48.8 Å². The summed E-state index contributed by atoms with van der Waals surface area (Å²) in [6.07, 6.45) is 3.93. The van der Waals surface area contributed by atoms with E-state index in [0.717, 1.165) is 18.1 Å². The molecule has 2 rings (SSSR count). The van der Waals surface area contributed by atoms with Crippen LogP contribution >= 0.6 is 11.6 Å². The Morgan fingerprint density at radius 1 is 1.32 bits per heavy atom. The minimum Gasteiger partial charge on any atom is -0.489 e. The van der Waals surface area contributed by atoms with E-state index in [9.17, 15) is 0 Å². The van der Waals surface area contributed by atoms with E-state index >= 15 is 0 Å². The second kappa shape index (κ2) is 6.04. The molecule has 0 spiro atoms. The maximum absolute atomic E-state index is 6.21. The van der Waals surface area contributed by atoms with Crippen LogP contribution in [0.3, 0.4) is 0 Å². The summed E-state index contributed by atoms with van der Waals surface area (Å²) in [5, 5.41) is 0.612. The zero-order valence-corrected chi connectivity index (χ0v) is 12.8. The molecular weight excluding hydrogens is 258 g/mol. The molecule has 1 aromatic carbocycles. The summed E-state index contributed by atoms with van der Waals surface area (Å²) < 4.78 is 6.20. The van der Waals surface area contributed by atoms with Crippen molar-refractivity contribution in [2.24, 2.45) is 17.8 Å². The first-order valence-electron chi connectivity index (χ1n) is 7.19. The maximum atomic E-state index is 6.21. The highest BCUT2D eigenvalue weighted by Gasteiger charge is 2.32. The standard InChI is InChI=1S/C16H24ClNO/c1-10(2)13-6-4-11(3)8-16(13)19-15-7-5-12(18)9-14(15)17/h5,7,9-11,13,16H,4,6,8,18H2,1-3H3. The lowest BCUT2D eigenvalue weighted by molar-refractivity contribution is 0.0461. The lowest BCUT2D eigenvalue weighted by Gasteiger charge is -2.37. The molecule has 106 valence electrons. The molecule has 1 fully saturated rings. The molecule has 3 heteroatoms. The van der Waals surface area contributed by atoms with Crippen LogP contribution in [0.15, 0.2) is 18.2 Å². The molecule has 0 bridgehead atoms. The number of halogens is 1. The molecule has 0 saturated heterocycles. The molecule has 1 aromatic rings. The highest BCUT2D eigenvalue weighted by Crippen LogP contribution is 2.37. The average Bonchev–Trinajstić information content (AvgIpc) is 2.32. The van der Waals surface area contributed by atoms with Crippen LogP contribution in [0.5, 0.6) is 5.75 Å². The monoisotopic (exact) mass is 281 g/mol. The zero-order chi connectivity index (χ0) is 14.0. The molecule has 3 atom stereocenters. The summed E-state index contributed by atoms with van der Waals surface area (Å²) in [7, 11) is 0. The van der Waals surface area contributed by atoms with Gasteiger partial charge >= 0.3 is 0 Å². The normalized spacial score (nSPS) is 27.5. The highest BCUT2D eigenvalue weighted by atomic mass is 35.5. The van der Waals surface area contributed by atoms with Crippen LogP contribution in [0, 0.1) is 17.8 Å². The SMILES string of the molecule is CC1CCC(C(C)C)C(Oc2ccc(N)cc2Cl)C1. The summed E-state index contributed by atoms with van der Waals surface area (Å²) >= 11 is 6.21. The summed E-state index contributed by atoms with van der Waals surface area (Å²) in [6, 6.07) is 5.49. The van der Waals surface area contributed by atoms with Gasteiger partial charge in [0.1, 0.15) is 11.9 Å². The van der Waals surface area contributed by atoms with Crippen LogP contribution in [0.25, 0.3) is 0 Å². The molecular formula is C16H24ClNO. The quantitative estimate of drug-likeness (QED) is 0.811. The molecule has 2 N–H and O–H groups in total. The predicted octanol–water partition coefficient (Wildman–Crippen LogP) is 4.76. The van der Waals surface area contributed by atoms with Gasteiger partial charge in [0.15, 0.2) is 0 Å². The summed E-state index contributed by atoms with van der Waals surface area (Å²) in [4.78, 5) is 0. The third-order valence-electron chi connectivity index (χ3n) is 4.20. The number of hydrogen-bond acceptors (Lipinski definition) is 2. The Balaban J connectivity index is 2.14. The van der Waals surface area contributed by atoms with E-state index in [1.54, 1.807) is 6.07 Å². The predicted molar refractivity (Wildman–Crippen MR) is 81.6 cm³/mol. The van der Waals surface area contributed by atoms with Gasteiger partial charge in [0, 0.05) is 5.69 Å². The fourth-order valence-corrected chi connectivity index (χ4v) is 3.26. The van der Waals surface area contributed by atoms with E-state index in [-0.39, 0.29) is 6.10 Å². The molecule has 0 radical (unpaired) electrons. The number of hydrogen-bond donors (Lipinski definition) is 1. The van der Waals surface area contributed by atoms with Gasteiger partial charge in [-0.15, -0.1) is 0 Å². The van der Waals surface area contributed by atoms with Gasteiger partial charge in [0.25, 0.3) is 0 Å². The van der Waals surface area contributed by atoms with Crippen molar-refractivity contribution in [1.29, 1.82) is 0 Å². The van der Waals surface area contributed by atoms with E-state index in [2.05, 4.69) is 20.8 Å². The summed E-state index contributed by atoms with van der Waals surface area (Å²) in [6.45, 7) is 6.86. The lowest BCUT2D eigenvalue weighted by Crippen LogP contribution is -2.36. The third-order valence-corrected chi connectivity index (χ3v) is 4.49. The van der Waals surface area contributed by atoms with Crippen LogP contribution in [-0.2, 0) is 0 Å². The van der Waals surface area contributed by atoms with Gasteiger partial charge in [0.05, 0.1) is 5.02 Å². The van der Waals surface area contributed by atoms with Gasteiger partial charge in [-0.25, -0.2) is 0 Å². The minimum absolute atomic E-state index is 0.268. The smallest absolute Gasteiger partial charge is 0.138 e. The van der Waals surface area contributed by atoms with Crippen molar-refractivity contribution in [1.82, 2.24) is 0 Å². The van der Waals surface area contributed by atoms with Crippen LogP contribution in [-0.4, -0.2) is 6.10 Å². The number of nitrogen functional groups attached to an aromatic ring is 1. The van der Waals surface area contributed by atoms with E-state index in [0.29, 0.717) is 22.5 Å². The summed E-state index contributed by atoms with van der Waals surface area (Å²) in [5.41, 5.74) is 6.39. The fraction of sp³-hybridized carbons (Fsp3) is 0.625. The number of benzene rings is 1. The molecule has 19 heavy (non-hydrogen) atoms. The lowest BCUT2D eigenvalue weighted by atomic mass is 9.75. The molecule has 0 aliphatic heterocycles. The zero-order valence-electron chi connectivity index (χ0n) is 12.0. The van der Waals surface area contributed by atoms with E-state index in [1.807, 2.05) is 12.1 Å². The van der Waals surface area contributed by atoms with Crippen molar-refractivity contribution >= 4 is 17.3 Å². The second-order valence-electron chi connectivity index (χ2n) is 6.17. The molecule has 0 amide bonds. The first kappa shape index (κ1) is 14.5. The number of ether oxygens (including phenoxy) is 1. The average molecular weight is 282 g/mol. The van der Waals surface area contributed by atoms with Crippen molar-refractivity contribution < 1.29 is 4.74 Å². The number of rotatable bonds is 3.